The predicted molar refractivity (Wildman–Crippen MR) is 83.4 cm³/mol. The number of halogens is 1. The van der Waals surface area contributed by atoms with Crippen LogP contribution >= 0.6 is 11.6 Å². The quantitative estimate of drug-likeness (QED) is 0.418. The van der Waals surface area contributed by atoms with Gasteiger partial charge in [-0.1, -0.05) is 48.0 Å². The van der Waals surface area contributed by atoms with Gasteiger partial charge in [-0.3, -0.25) is 0 Å². The Balaban J connectivity index is 2.14. The number of aryl methyl sites for hydroxylation is 1. The molecule has 0 bridgehead atoms. The van der Waals surface area contributed by atoms with Crippen molar-refractivity contribution in [2.75, 3.05) is 0 Å². The molecular formula is C16H14ClN3O. The van der Waals surface area contributed by atoms with Crippen LogP contribution in [0.5, 0.6) is 5.75 Å². The maximum Gasteiger partial charge on any atom is 0.185 e. The molecule has 5 heteroatoms. The standard InChI is InChI=1S/C16H14ClN3O/c1-16(19-20-18)10-9-11-5-4-7-13(15(11)21-16)12-6-2-3-8-14(12)17/h2-8H,9-10H2,1H3. The van der Waals surface area contributed by atoms with Crippen LogP contribution in [0.25, 0.3) is 21.6 Å². The van der Waals surface area contributed by atoms with Crippen LogP contribution in [0.2, 0.25) is 5.02 Å². The minimum atomic E-state index is -0.848. The summed E-state index contributed by atoms with van der Waals surface area (Å²) in [6.07, 6.45) is 1.47. The molecule has 0 saturated heterocycles. The van der Waals surface area contributed by atoms with E-state index in [9.17, 15) is 0 Å². The molecule has 0 saturated carbocycles. The first kappa shape index (κ1) is 13.8. The molecule has 2 aromatic carbocycles. The molecule has 0 spiro atoms. The van der Waals surface area contributed by atoms with Crippen molar-refractivity contribution in [1.29, 1.82) is 0 Å². The van der Waals surface area contributed by atoms with Crippen molar-refractivity contribution >= 4 is 11.6 Å². The van der Waals surface area contributed by atoms with E-state index < -0.39 is 5.72 Å². The number of rotatable bonds is 2. The summed E-state index contributed by atoms with van der Waals surface area (Å²) in [7, 11) is 0. The third-order valence-corrected chi connectivity index (χ3v) is 4.03. The lowest BCUT2D eigenvalue weighted by Gasteiger charge is -2.33. The number of azide groups is 1. The van der Waals surface area contributed by atoms with Crippen LogP contribution in [-0.2, 0) is 6.42 Å². The van der Waals surface area contributed by atoms with Crippen molar-refractivity contribution in [3.8, 4) is 16.9 Å². The van der Waals surface area contributed by atoms with Crippen LogP contribution in [0.4, 0.5) is 0 Å². The summed E-state index contributed by atoms with van der Waals surface area (Å²) in [6.45, 7) is 1.80. The van der Waals surface area contributed by atoms with Gasteiger partial charge in [0, 0.05) is 21.1 Å². The van der Waals surface area contributed by atoms with E-state index in [0.717, 1.165) is 28.9 Å². The van der Waals surface area contributed by atoms with Gasteiger partial charge in [0.25, 0.3) is 0 Å². The molecule has 0 aromatic heterocycles. The van der Waals surface area contributed by atoms with E-state index in [1.165, 1.54) is 0 Å². The molecule has 1 unspecified atom stereocenters. The summed E-state index contributed by atoms with van der Waals surface area (Å²) in [5.41, 5.74) is 10.8. The van der Waals surface area contributed by atoms with Gasteiger partial charge in [-0.15, -0.1) is 0 Å². The number of nitrogens with zero attached hydrogens (tertiary/aromatic N) is 3. The Kier molecular flexibility index (Phi) is 3.50. The van der Waals surface area contributed by atoms with E-state index in [4.69, 9.17) is 21.9 Å². The van der Waals surface area contributed by atoms with Crippen LogP contribution in [0.3, 0.4) is 0 Å². The zero-order valence-electron chi connectivity index (χ0n) is 11.6. The highest BCUT2D eigenvalue weighted by Gasteiger charge is 2.32. The fourth-order valence-corrected chi connectivity index (χ4v) is 2.83. The van der Waals surface area contributed by atoms with E-state index in [0.29, 0.717) is 11.4 Å². The molecule has 0 amide bonds. The highest BCUT2D eigenvalue weighted by atomic mass is 35.5. The summed E-state index contributed by atoms with van der Waals surface area (Å²) < 4.78 is 6.02. The molecule has 0 aliphatic carbocycles. The molecule has 2 aromatic rings. The van der Waals surface area contributed by atoms with Gasteiger partial charge in [0.05, 0.1) is 0 Å². The topological polar surface area (TPSA) is 58.0 Å². The first-order chi connectivity index (χ1) is 10.1. The third-order valence-electron chi connectivity index (χ3n) is 3.70. The van der Waals surface area contributed by atoms with Crippen molar-refractivity contribution in [1.82, 2.24) is 0 Å². The normalized spacial score (nSPS) is 20.1. The molecule has 0 N–H and O–H groups in total. The van der Waals surface area contributed by atoms with Crippen LogP contribution in [0, 0.1) is 0 Å². The van der Waals surface area contributed by atoms with Gasteiger partial charge in [-0.2, -0.15) is 0 Å². The highest BCUT2D eigenvalue weighted by Crippen LogP contribution is 2.42. The number of benzene rings is 2. The first-order valence-corrected chi connectivity index (χ1v) is 7.13. The largest absolute Gasteiger partial charge is 0.481 e. The van der Waals surface area contributed by atoms with Crippen LogP contribution in [0.15, 0.2) is 47.6 Å². The SMILES string of the molecule is CC1(N=[N+]=[N-])CCc2cccc(-c3ccccc3Cl)c2O1. The zero-order chi connectivity index (χ0) is 14.9. The van der Waals surface area contributed by atoms with Gasteiger partial charge in [0.15, 0.2) is 5.72 Å². The smallest absolute Gasteiger partial charge is 0.185 e. The lowest BCUT2D eigenvalue weighted by atomic mass is 9.94. The van der Waals surface area contributed by atoms with Crippen molar-refractivity contribution in [3.63, 3.8) is 0 Å². The van der Waals surface area contributed by atoms with Gasteiger partial charge >= 0.3 is 0 Å². The fraction of sp³-hybridized carbons (Fsp3) is 0.250. The molecule has 1 aliphatic rings. The maximum atomic E-state index is 8.72. The molecule has 1 heterocycles. The van der Waals surface area contributed by atoms with Gasteiger partial charge in [-0.05, 0) is 42.0 Å². The van der Waals surface area contributed by atoms with Crippen molar-refractivity contribution < 1.29 is 4.74 Å². The highest BCUT2D eigenvalue weighted by molar-refractivity contribution is 6.33. The Morgan fingerprint density at radius 3 is 2.71 bits per heavy atom. The van der Waals surface area contributed by atoms with E-state index in [1.54, 1.807) is 6.92 Å². The molecule has 3 rings (SSSR count). The summed E-state index contributed by atoms with van der Waals surface area (Å²) >= 11 is 6.30. The van der Waals surface area contributed by atoms with Gasteiger partial charge in [0.1, 0.15) is 5.75 Å². The number of para-hydroxylation sites is 1. The van der Waals surface area contributed by atoms with Gasteiger partial charge in [-0.25, -0.2) is 0 Å². The predicted octanol–water partition coefficient (Wildman–Crippen LogP) is 5.36. The molecule has 1 aliphatic heterocycles. The number of ether oxygens (including phenoxy) is 1. The molecule has 106 valence electrons. The number of hydrogen-bond donors (Lipinski definition) is 0. The van der Waals surface area contributed by atoms with Crippen LogP contribution < -0.4 is 4.74 Å². The van der Waals surface area contributed by atoms with Crippen LogP contribution in [-0.4, -0.2) is 5.72 Å². The Morgan fingerprint density at radius 2 is 1.95 bits per heavy atom. The summed E-state index contributed by atoms with van der Waals surface area (Å²) in [4.78, 5) is 2.90. The lowest BCUT2D eigenvalue weighted by Crippen LogP contribution is -2.33. The Hall–Kier alpha value is -2.16. The number of fused-ring (bicyclic) bond motifs is 1. The van der Waals surface area contributed by atoms with Crippen molar-refractivity contribution in [2.45, 2.75) is 25.5 Å². The average molecular weight is 300 g/mol. The maximum absolute atomic E-state index is 8.72. The van der Waals surface area contributed by atoms with Gasteiger partial charge < -0.3 is 4.74 Å². The minimum Gasteiger partial charge on any atom is -0.481 e. The Bertz CT molecular complexity index is 740. The zero-order valence-corrected chi connectivity index (χ0v) is 12.3. The van der Waals surface area contributed by atoms with E-state index >= 15 is 0 Å². The lowest BCUT2D eigenvalue weighted by molar-refractivity contribution is 0.0731. The summed E-state index contributed by atoms with van der Waals surface area (Å²) in [5, 5.41) is 4.47. The monoisotopic (exact) mass is 299 g/mol. The Morgan fingerprint density at radius 1 is 1.19 bits per heavy atom. The van der Waals surface area contributed by atoms with E-state index in [1.807, 2.05) is 42.5 Å². The third kappa shape index (κ3) is 2.56. The molecule has 1 atom stereocenters. The molecule has 21 heavy (non-hydrogen) atoms. The number of hydrogen-bond acceptors (Lipinski definition) is 2. The van der Waals surface area contributed by atoms with Crippen molar-refractivity contribution in [2.24, 2.45) is 5.11 Å². The van der Waals surface area contributed by atoms with Gasteiger partial charge in [0.2, 0.25) is 0 Å². The van der Waals surface area contributed by atoms with Crippen LogP contribution in [0.1, 0.15) is 18.9 Å². The fourth-order valence-electron chi connectivity index (χ4n) is 2.60. The average Bonchev–Trinajstić information content (AvgIpc) is 2.47. The molecule has 0 radical (unpaired) electrons. The Labute approximate surface area is 127 Å². The molecular weight excluding hydrogens is 286 g/mol. The summed E-state index contributed by atoms with van der Waals surface area (Å²) in [6, 6.07) is 13.7. The molecule has 0 fully saturated rings. The summed E-state index contributed by atoms with van der Waals surface area (Å²) in [5.74, 6) is 0.756. The second-order valence-corrected chi connectivity index (χ2v) is 5.65. The second kappa shape index (κ2) is 5.32. The second-order valence-electron chi connectivity index (χ2n) is 5.24. The van der Waals surface area contributed by atoms with E-state index in [-0.39, 0.29) is 0 Å². The van der Waals surface area contributed by atoms with E-state index in [2.05, 4.69) is 10.0 Å². The first-order valence-electron chi connectivity index (χ1n) is 6.75. The molecule has 4 nitrogen and oxygen atoms in total. The minimum absolute atomic E-state index is 0.663. The van der Waals surface area contributed by atoms with Crippen molar-refractivity contribution in [3.05, 3.63) is 63.5 Å².